The predicted octanol–water partition coefficient (Wildman–Crippen LogP) is 5.51. The number of esters is 1. The van der Waals surface area contributed by atoms with Gasteiger partial charge in [-0.1, -0.05) is 64.5 Å². The third-order valence-corrected chi connectivity index (χ3v) is 10.4. The van der Waals surface area contributed by atoms with Crippen LogP contribution >= 0.6 is 0 Å². The van der Waals surface area contributed by atoms with Gasteiger partial charge in [0.1, 0.15) is 36.0 Å². The van der Waals surface area contributed by atoms with E-state index >= 15 is 4.39 Å². The monoisotopic (exact) mass is 588 g/mol. The predicted molar refractivity (Wildman–Crippen MR) is 157 cm³/mol. The van der Waals surface area contributed by atoms with E-state index in [9.17, 15) is 15.0 Å². The lowest BCUT2D eigenvalue weighted by atomic mass is 9.71. The zero-order valence-electron chi connectivity index (χ0n) is 25.9. The van der Waals surface area contributed by atoms with Crippen molar-refractivity contribution in [2.75, 3.05) is 6.61 Å². The summed E-state index contributed by atoms with van der Waals surface area (Å²) in [5.74, 6) is -2.21. The van der Waals surface area contributed by atoms with E-state index in [0.29, 0.717) is 54.2 Å². The fraction of sp³-hybridized carbons (Fsp3) is 0.735. The number of aliphatic hydroxyl groups is 2. The van der Waals surface area contributed by atoms with E-state index < -0.39 is 53.7 Å². The summed E-state index contributed by atoms with van der Waals surface area (Å²) in [5, 5.41) is 23.0. The van der Waals surface area contributed by atoms with Crippen LogP contribution in [0.15, 0.2) is 47.1 Å². The van der Waals surface area contributed by atoms with Crippen LogP contribution in [0, 0.1) is 23.7 Å². The smallest absolute Gasteiger partial charge is 0.316 e. The molecule has 3 saturated heterocycles. The number of hydrogen-bond acceptors (Lipinski definition) is 7. The van der Waals surface area contributed by atoms with Crippen molar-refractivity contribution in [1.82, 2.24) is 0 Å². The maximum Gasteiger partial charge on any atom is 0.316 e. The molecule has 234 valence electrons. The fourth-order valence-corrected chi connectivity index (χ4v) is 7.54. The number of allylic oxidation sites excluding steroid dienone is 4. The average Bonchev–Trinajstić information content (AvgIpc) is 3.30. The molecule has 0 aromatic rings. The molecule has 0 radical (unpaired) electrons. The number of ether oxygens (including phenoxy) is 4. The van der Waals surface area contributed by atoms with Crippen molar-refractivity contribution < 1.29 is 38.3 Å². The number of fused-ring (bicyclic) bond motifs is 2. The number of halogens is 1. The first-order chi connectivity index (χ1) is 19.9. The Morgan fingerprint density at radius 3 is 2.67 bits per heavy atom. The molecular formula is C34H49FO7. The lowest BCUT2D eigenvalue weighted by Crippen LogP contribution is -2.58. The Bertz CT molecular complexity index is 1140. The summed E-state index contributed by atoms with van der Waals surface area (Å²) >= 11 is 0. The Morgan fingerprint density at radius 2 is 1.93 bits per heavy atom. The van der Waals surface area contributed by atoms with Crippen LogP contribution in [0.1, 0.15) is 80.1 Å². The van der Waals surface area contributed by atoms with Crippen molar-refractivity contribution >= 4 is 5.97 Å². The van der Waals surface area contributed by atoms with E-state index in [2.05, 4.69) is 20.8 Å². The van der Waals surface area contributed by atoms with Crippen LogP contribution in [0.2, 0.25) is 0 Å². The summed E-state index contributed by atoms with van der Waals surface area (Å²) < 4.78 is 41.0. The number of carbonyl (C=O) groups excluding carboxylic acids is 1. The van der Waals surface area contributed by atoms with Gasteiger partial charge in [0.15, 0.2) is 5.79 Å². The Kier molecular flexibility index (Phi) is 9.23. The number of hydrogen-bond donors (Lipinski definition) is 2. The highest BCUT2D eigenvalue weighted by Crippen LogP contribution is 2.48. The molecule has 8 heteroatoms. The van der Waals surface area contributed by atoms with Crippen molar-refractivity contribution in [2.24, 2.45) is 23.7 Å². The molecule has 0 saturated carbocycles. The van der Waals surface area contributed by atoms with Gasteiger partial charge < -0.3 is 29.2 Å². The number of rotatable bonds is 2. The minimum absolute atomic E-state index is 0.0204. The first-order valence-electron chi connectivity index (χ1n) is 15.8. The van der Waals surface area contributed by atoms with Crippen molar-refractivity contribution in [3.05, 3.63) is 47.1 Å². The summed E-state index contributed by atoms with van der Waals surface area (Å²) in [7, 11) is 0. The SMILES string of the molecule is CC[C@H](C)[C@H]1O[C@]2(CC[C@@H]1C)C[C@@H]1C[C@@H](C/C=C(\C)[C@@H](F)[C@@H](C)/C=C/C=C3\CO[C@@H]4[C@H](O)C(C)=C[C@@H](C(=O)O1)[C@]34O)O2. The third-order valence-electron chi connectivity index (χ3n) is 10.4. The summed E-state index contributed by atoms with van der Waals surface area (Å²) in [4.78, 5) is 14.0. The molecule has 2 N–H and O–H groups in total. The van der Waals surface area contributed by atoms with Gasteiger partial charge in [-0.3, -0.25) is 4.79 Å². The maximum absolute atomic E-state index is 15.5. The van der Waals surface area contributed by atoms with Gasteiger partial charge >= 0.3 is 5.97 Å². The van der Waals surface area contributed by atoms with Gasteiger partial charge in [0.05, 0.1) is 18.8 Å². The van der Waals surface area contributed by atoms with E-state index in [4.69, 9.17) is 18.9 Å². The van der Waals surface area contributed by atoms with Crippen LogP contribution in [0.25, 0.3) is 0 Å². The second-order valence-electron chi connectivity index (χ2n) is 13.5. The van der Waals surface area contributed by atoms with Gasteiger partial charge in [-0.15, -0.1) is 0 Å². The van der Waals surface area contributed by atoms with Crippen LogP contribution in [-0.2, 0) is 23.7 Å². The molecule has 0 aromatic heterocycles. The van der Waals surface area contributed by atoms with Gasteiger partial charge in [0, 0.05) is 25.2 Å². The second-order valence-corrected chi connectivity index (χ2v) is 13.5. The summed E-state index contributed by atoms with van der Waals surface area (Å²) in [6, 6.07) is 0. The zero-order valence-corrected chi connectivity index (χ0v) is 25.9. The van der Waals surface area contributed by atoms with Crippen LogP contribution in [0.5, 0.6) is 0 Å². The Hall–Kier alpha value is -1.84. The zero-order chi connectivity index (χ0) is 30.4. The normalized spacial score (nSPS) is 48.6. The lowest BCUT2D eigenvalue weighted by Gasteiger charge is -2.51. The van der Waals surface area contributed by atoms with Crippen molar-refractivity contribution in [1.29, 1.82) is 0 Å². The third kappa shape index (κ3) is 5.82. The molecule has 5 rings (SSSR count). The van der Waals surface area contributed by atoms with Crippen LogP contribution in [-0.4, -0.2) is 70.9 Å². The molecular weight excluding hydrogens is 539 g/mol. The molecule has 0 unspecified atom stereocenters. The molecule has 5 aliphatic rings. The van der Waals surface area contributed by atoms with E-state index in [1.54, 1.807) is 38.2 Å². The Balaban J connectivity index is 1.53. The van der Waals surface area contributed by atoms with Crippen molar-refractivity contribution in [3.63, 3.8) is 0 Å². The molecule has 2 bridgehead atoms. The summed E-state index contributed by atoms with van der Waals surface area (Å²) in [5.41, 5.74) is -0.155. The van der Waals surface area contributed by atoms with E-state index in [1.165, 1.54) is 0 Å². The molecule has 12 atom stereocenters. The standard InChI is InChI=1S/C34H49FO7/c1-7-19(2)30-22(5)13-14-33(42-30)17-26-16-25(41-33)12-11-21(4)28(35)20(3)9-8-10-24-18-39-31-29(36)23(6)15-27(32(37)40-26)34(24,31)38/h8-11,15,19-20,22,25-31,36,38H,7,12-14,16-18H2,1-6H3/b9-8+,21-11+,24-10+/t19-,20-,22-,25+,26-,27-,28-,29+,30+,31+,33+,34+/m0/s1. The Morgan fingerprint density at radius 1 is 1.17 bits per heavy atom. The second kappa shape index (κ2) is 12.3. The number of carbonyl (C=O) groups is 1. The topological polar surface area (TPSA) is 94.5 Å². The summed E-state index contributed by atoms with van der Waals surface area (Å²) in [6.07, 6.45) is 8.47. The minimum atomic E-state index is -1.79. The summed E-state index contributed by atoms with van der Waals surface area (Å²) in [6.45, 7) is 12.0. The molecule has 42 heavy (non-hydrogen) atoms. The Labute approximate surface area is 249 Å². The maximum atomic E-state index is 15.5. The molecule has 3 fully saturated rings. The quantitative estimate of drug-likeness (QED) is 0.325. The van der Waals surface area contributed by atoms with Crippen LogP contribution < -0.4 is 0 Å². The fourth-order valence-electron chi connectivity index (χ4n) is 7.54. The number of aliphatic hydroxyl groups excluding tert-OH is 1. The highest BCUT2D eigenvalue weighted by Gasteiger charge is 2.60. The molecule has 4 heterocycles. The van der Waals surface area contributed by atoms with Gasteiger partial charge in [0.2, 0.25) is 0 Å². The highest BCUT2D eigenvalue weighted by molar-refractivity contribution is 5.78. The first-order valence-corrected chi connectivity index (χ1v) is 15.8. The highest BCUT2D eigenvalue weighted by atomic mass is 19.1. The lowest BCUT2D eigenvalue weighted by molar-refractivity contribution is -0.340. The molecule has 0 amide bonds. The molecule has 1 aliphatic carbocycles. The molecule has 7 nitrogen and oxygen atoms in total. The van der Waals surface area contributed by atoms with Gasteiger partial charge in [-0.2, -0.15) is 0 Å². The van der Waals surface area contributed by atoms with Crippen molar-refractivity contribution in [2.45, 2.75) is 128 Å². The van der Waals surface area contributed by atoms with Crippen LogP contribution in [0.4, 0.5) is 4.39 Å². The van der Waals surface area contributed by atoms with E-state index in [1.807, 2.05) is 13.0 Å². The molecule has 1 spiro atoms. The average molecular weight is 589 g/mol. The molecule has 4 aliphatic heterocycles. The minimum Gasteiger partial charge on any atom is -0.462 e. The van der Waals surface area contributed by atoms with Gasteiger partial charge in [-0.05, 0) is 55.2 Å². The van der Waals surface area contributed by atoms with Crippen molar-refractivity contribution in [3.8, 4) is 0 Å². The molecule has 0 aromatic carbocycles. The first kappa shape index (κ1) is 31.6. The number of alkyl halides is 1. The van der Waals surface area contributed by atoms with E-state index in [0.717, 1.165) is 12.8 Å². The van der Waals surface area contributed by atoms with Crippen LogP contribution in [0.3, 0.4) is 0 Å². The van der Waals surface area contributed by atoms with Gasteiger partial charge in [0.25, 0.3) is 0 Å². The van der Waals surface area contributed by atoms with E-state index in [-0.39, 0.29) is 18.8 Å². The van der Waals surface area contributed by atoms with Gasteiger partial charge in [-0.25, -0.2) is 4.39 Å². The largest absolute Gasteiger partial charge is 0.462 e.